The lowest BCUT2D eigenvalue weighted by atomic mass is 10.2. The summed E-state index contributed by atoms with van der Waals surface area (Å²) in [6.07, 6.45) is -0.817. The maximum atomic E-state index is 12.8. The summed E-state index contributed by atoms with van der Waals surface area (Å²) in [6.45, 7) is 6.41. The van der Waals surface area contributed by atoms with Gasteiger partial charge in [0.25, 0.3) is 6.43 Å². The summed E-state index contributed by atoms with van der Waals surface area (Å²) in [5.74, 6) is 1.04. The first kappa shape index (κ1) is 21.7. The van der Waals surface area contributed by atoms with E-state index < -0.39 is 6.43 Å². The molecular formula is C22H24F2N6O2. The van der Waals surface area contributed by atoms with Crippen molar-refractivity contribution in [3.63, 3.8) is 0 Å². The molecular weight excluding hydrogens is 418 g/mol. The number of hydrogen-bond acceptors (Lipinski definition) is 6. The predicted molar refractivity (Wildman–Crippen MR) is 114 cm³/mol. The van der Waals surface area contributed by atoms with E-state index in [4.69, 9.17) is 4.74 Å². The molecule has 0 spiro atoms. The number of hydrogen-bond donors (Lipinski definition) is 0. The number of benzene rings is 1. The summed E-state index contributed by atoms with van der Waals surface area (Å²) >= 11 is 0. The zero-order valence-electron chi connectivity index (χ0n) is 17.9. The maximum absolute atomic E-state index is 12.8. The van der Waals surface area contributed by atoms with Crippen molar-refractivity contribution in [3.05, 3.63) is 59.4 Å². The van der Waals surface area contributed by atoms with Crippen LogP contribution in [0.3, 0.4) is 0 Å². The van der Waals surface area contributed by atoms with Gasteiger partial charge in [0.15, 0.2) is 5.82 Å². The van der Waals surface area contributed by atoms with Gasteiger partial charge < -0.3 is 14.5 Å². The lowest BCUT2D eigenvalue weighted by molar-refractivity contribution is -0.130. The molecule has 1 fully saturated rings. The lowest BCUT2D eigenvalue weighted by Gasteiger charge is -2.34. The van der Waals surface area contributed by atoms with Gasteiger partial charge in [-0.3, -0.25) is 4.79 Å². The minimum Gasteiger partial charge on any atom is -0.470 e. The summed E-state index contributed by atoms with van der Waals surface area (Å²) in [4.78, 5) is 15.8. The molecule has 1 aliphatic rings. The monoisotopic (exact) mass is 442 g/mol. The van der Waals surface area contributed by atoms with Crippen LogP contribution in [0, 0.1) is 6.92 Å². The van der Waals surface area contributed by atoms with Crippen LogP contribution in [-0.2, 0) is 11.4 Å². The number of halogens is 2. The Morgan fingerprint density at radius 3 is 2.50 bits per heavy atom. The molecule has 1 amide bonds. The number of carbonyl (C=O) groups excluding carboxylic acids is 1. The van der Waals surface area contributed by atoms with Gasteiger partial charge in [-0.05, 0) is 37.6 Å². The fourth-order valence-electron chi connectivity index (χ4n) is 3.55. The number of ether oxygens (including phenoxy) is 1. The van der Waals surface area contributed by atoms with E-state index in [1.165, 1.54) is 12.1 Å². The fraction of sp³-hybridized carbons (Fsp3) is 0.364. The second-order valence-electron chi connectivity index (χ2n) is 7.49. The van der Waals surface area contributed by atoms with Crippen LogP contribution in [-0.4, -0.2) is 57.0 Å². The van der Waals surface area contributed by atoms with Crippen molar-refractivity contribution >= 4 is 11.7 Å². The smallest absolute Gasteiger partial charge is 0.263 e. The van der Waals surface area contributed by atoms with Gasteiger partial charge in [0.1, 0.15) is 6.61 Å². The van der Waals surface area contributed by atoms with Crippen molar-refractivity contribution in [2.45, 2.75) is 26.9 Å². The molecule has 10 heteroatoms. The fourth-order valence-corrected chi connectivity index (χ4v) is 3.55. The average molecular weight is 442 g/mol. The minimum atomic E-state index is -2.51. The van der Waals surface area contributed by atoms with Crippen molar-refractivity contribution in [1.29, 1.82) is 0 Å². The first-order valence-electron chi connectivity index (χ1n) is 10.4. The highest BCUT2D eigenvalue weighted by Crippen LogP contribution is 2.22. The van der Waals surface area contributed by atoms with Crippen molar-refractivity contribution in [3.8, 4) is 11.6 Å². The van der Waals surface area contributed by atoms with Crippen LogP contribution < -0.4 is 9.64 Å². The average Bonchev–Trinajstić information content (AvgIpc) is 3.18. The molecule has 168 valence electrons. The molecule has 8 nitrogen and oxygen atoms in total. The molecule has 0 unspecified atom stereocenters. The van der Waals surface area contributed by atoms with Crippen LogP contribution >= 0.6 is 0 Å². The van der Waals surface area contributed by atoms with Gasteiger partial charge in [-0.15, -0.1) is 10.2 Å². The number of aromatic nitrogens is 4. The third kappa shape index (κ3) is 4.53. The van der Waals surface area contributed by atoms with Gasteiger partial charge in [0.2, 0.25) is 11.8 Å². The summed E-state index contributed by atoms with van der Waals surface area (Å²) in [6, 6.07) is 9.47. The molecule has 1 saturated heterocycles. The Morgan fingerprint density at radius 2 is 1.88 bits per heavy atom. The van der Waals surface area contributed by atoms with Crippen LogP contribution in [0.2, 0.25) is 0 Å². The van der Waals surface area contributed by atoms with Crippen LogP contribution in [0.5, 0.6) is 5.88 Å². The predicted octanol–water partition coefficient (Wildman–Crippen LogP) is 3.16. The highest BCUT2D eigenvalue weighted by Gasteiger charge is 2.23. The van der Waals surface area contributed by atoms with E-state index in [9.17, 15) is 13.6 Å². The Morgan fingerprint density at radius 1 is 1.09 bits per heavy atom. The van der Waals surface area contributed by atoms with E-state index in [2.05, 4.69) is 15.3 Å². The van der Waals surface area contributed by atoms with E-state index in [1.54, 1.807) is 35.1 Å². The minimum absolute atomic E-state index is 0.0383. The molecule has 0 bridgehead atoms. The molecule has 32 heavy (non-hydrogen) atoms. The first-order chi connectivity index (χ1) is 15.5. The number of nitrogens with zero attached hydrogens (tertiary/aromatic N) is 6. The number of piperazine rings is 1. The summed E-state index contributed by atoms with van der Waals surface area (Å²) in [5, 5.41) is 12.7. The van der Waals surface area contributed by atoms with Crippen LogP contribution in [0.25, 0.3) is 5.69 Å². The van der Waals surface area contributed by atoms with Crippen molar-refractivity contribution in [2.24, 2.45) is 0 Å². The number of rotatable bonds is 7. The van der Waals surface area contributed by atoms with Gasteiger partial charge in [-0.1, -0.05) is 12.1 Å². The third-order valence-electron chi connectivity index (χ3n) is 5.47. The lowest BCUT2D eigenvalue weighted by Crippen LogP contribution is -2.50. The maximum Gasteiger partial charge on any atom is 0.263 e. The number of carbonyl (C=O) groups is 1. The highest BCUT2D eigenvalue weighted by atomic mass is 19.3. The molecule has 0 N–H and O–H groups in total. The number of anilines is 1. The summed E-state index contributed by atoms with van der Waals surface area (Å²) < 4.78 is 33.1. The Kier molecular flexibility index (Phi) is 6.29. The van der Waals surface area contributed by atoms with E-state index in [-0.39, 0.29) is 24.6 Å². The highest BCUT2D eigenvalue weighted by molar-refractivity contribution is 5.82. The van der Waals surface area contributed by atoms with E-state index >= 15 is 0 Å². The Labute approximate surface area is 184 Å². The zero-order valence-corrected chi connectivity index (χ0v) is 17.9. The largest absolute Gasteiger partial charge is 0.470 e. The molecule has 2 aromatic heterocycles. The molecule has 0 atom stereocenters. The van der Waals surface area contributed by atoms with E-state index in [0.29, 0.717) is 37.0 Å². The second kappa shape index (κ2) is 9.29. The van der Waals surface area contributed by atoms with Crippen LogP contribution in [0.15, 0.2) is 42.6 Å². The van der Waals surface area contributed by atoms with Crippen LogP contribution in [0.1, 0.15) is 30.2 Å². The molecule has 3 heterocycles. The number of likely N-dealkylation sites (N-methyl/N-ethyl adjacent to an activating group) is 1. The van der Waals surface area contributed by atoms with Crippen LogP contribution in [0.4, 0.5) is 14.6 Å². The molecule has 0 aliphatic carbocycles. The van der Waals surface area contributed by atoms with Gasteiger partial charge in [-0.25, -0.2) is 13.5 Å². The summed E-state index contributed by atoms with van der Waals surface area (Å²) in [5.41, 5.74) is 2.31. The topological polar surface area (TPSA) is 76.4 Å². The second-order valence-corrected chi connectivity index (χ2v) is 7.49. The Balaban J connectivity index is 1.42. The van der Waals surface area contributed by atoms with E-state index in [0.717, 1.165) is 11.3 Å². The quantitative estimate of drug-likeness (QED) is 0.560. The standard InChI is InChI=1S/C22H24F2N6O2/c1-3-28-10-11-29(13-21(28)31)19-8-9-20(27-26-19)32-14-18-15(2)12-25-30(18)17-6-4-16(5-7-17)22(23)24/h4-9,12,22H,3,10-11,13-14H2,1-2H3. The molecule has 1 aromatic carbocycles. The van der Waals surface area contributed by atoms with Crippen molar-refractivity contribution < 1.29 is 18.3 Å². The third-order valence-corrected chi connectivity index (χ3v) is 5.47. The van der Waals surface area contributed by atoms with Gasteiger partial charge >= 0.3 is 0 Å². The number of alkyl halides is 2. The Bertz CT molecular complexity index is 1070. The normalized spacial score (nSPS) is 14.3. The van der Waals surface area contributed by atoms with Crippen molar-refractivity contribution in [1.82, 2.24) is 24.9 Å². The number of amides is 1. The zero-order chi connectivity index (χ0) is 22.7. The van der Waals surface area contributed by atoms with Gasteiger partial charge in [0.05, 0.1) is 24.1 Å². The Hall–Kier alpha value is -3.56. The summed E-state index contributed by atoms with van der Waals surface area (Å²) in [7, 11) is 0. The molecule has 1 aliphatic heterocycles. The number of aryl methyl sites for hydroxylation is 1. The molecule has 0 saturated carbocycles. The van der Waals surface area contributed by atoms with E-state index in [1.807, 2.05) is 23.6 Å². The molecule has 0 radical (unpaired) electrons. The molecule has 4 rings (SSSR count). The van der Waals surface area contributed by atoms with Gasteiger partial charge in [0, 0.05) is 31.3 Å². The SMILES string of the molecule is CCN1CCN(c2ccc(OCc3c(C)cnn3-c3ccc(C(F)F)cc3)nn2)CC1=O. The van der Waals surface area contributed by atoms with Gasteiger partial charge in [-0.2, -0.15) is 5.10 Å². The molecule has 3 aromatic rings. The first-order valence-corrected chi connectivity index (χ1v) is 10.4. The van der Waals surface area contributed by atoms with Crippen molar-refractivity contribution in [2.75, 3.05) is 31.1 Å².